The van der Waals surface area contributed by atoms with Crippen LogP contribution in [-0.2, 0) is 17.8 Å². The second-order valence-corrected chi connectivity index (χ2v) is 6.01. The number of hydrogen-bond acceptors (Lipinski definition) is 2. The molecular weight excluding hydrogens is 284 g/mol. The second-order valence-electron chi connectivity index (χ2n) is 6.01. The molecule has 0 radical (unpaired) electrons. The summed E-state index contributed by atoms with van der Waals surface area (Å²) in [6.07, 6.45) is 2.33. The Labute approximate surface area is 137 Å². The highest BCUT2D eigenvalue weighted by atomic mass is 16.1. The summed E-state index contributed by atoms with van der Waals surface area (Å²) in [5, 5.41) is 2.93. The van der Waals surface area contributed by atoms with Crippen molar-refractivity contribution in [1.82, 2.24) is 5.32 Å². The standard InChI is InChI=1S/C20H22N2O/c1-2-20(23)21-13-17-12-18-10-6-7-11-19(18)22(15-17)14-16-8-4-3-5-9-16/h2-11,17H,1,12-15H2,(H,21,23). The fraction of sp³-hybridized carbons (Fsp3) is 0.250. The molecule has 118 valence electrons. The number of rotatable bonds is 5. The summed E-state index contributed by atoms with van der Waals surface area (Å²) in [6, 6.07) is 19.1. The SMILES string of the molecule is C=CC(=O)NCC1Cc2ccccc2N(Cc2ccccc2)C1. The maximum atomic E-state index is 11.4. The number of hydrogen-bond donors (Lipinski definition) is 1. The van der Waals surface area contributed by atoms with Crippen LogP contribution in [0.3, 0.4) is 0 Å². The predicted octanol–water partition coefficient (Wildman–Crippen LogP) is 3.17. The molecule has 1 aliphatic rings. The third-order valence-electron chi connectivity index (χ3n) is 4.29. The molecule has 1 amide bonds. The molecule has 0 saturated heterocycles. The lowest BCUT2D eigenvalue weighted by atomic mass is 9.92. The van der Waals surface area contributed by atoms with Gasteiger partial charge in [-0.15, -0.1) is 0 Å². The summed E-state index contributed by atoms with van der Waals surface area (Å²) in [5.74, 6) is 0.316. The zero-order chi connectivity index (χ0) is 16.1. The van der Waals surface area contributed by atoms with Gasteiger partial charge >= 0.3 is 0 Å². The molecule has 1 heterocycles. The van der Waals surface area contributed by atoms with Gasteiger partial charge in [-0.2, -0.15) is 0 Å². The fourth-order valence-electron chi connectivity index (χ4n) is 3.18. The number of anilines is 1. The topological polar surface area (TPSA) is 32.3 Å². The molecule has 0 fully saturated rings. The summed E-state index contributed by atoms with van der Waals surface area (Å²) in [6.45, 7) is 6.03. The molecule has 1 atom stereocenters. The van der Waals surface area contributed by atoms with E-state index in [2.05, 4.69) is 65.3 Å². The third kappa shape index (κ3) is 3.81. The van der Waals surface area contributed by atoms with E-state index in [0.29, 0.717) is 12.5 Å². The highest BCUT2D eigenvalue weighted by molar-refractivity contribution is 5.86. The van der Waals surface area contributed by atoms with E-state index in [4.69, 9.17) is 0 Å². The first-order valence-electron chi connectivity index (χ1n) is 8.03. The second kappa shape index (κ2) is 7.14. The quantitative estimate of drug-likeness (QED) is 0.861. The van der Waals surface area contributed by atoms with Gasteiger partial charge in [0, 0.05) is 25.3 Å². The summed E-state index contributed by atoms with van der Waals surface area (Å²) < 4.78 is 0. The molecule has 23 heavy (non-hydrogen) atoms. The average Bonchev–Trinajstić information content (AvgIpc) is 2.60. The van der Waals surface area contributed by atoms with Crippen LogP contribution in [0, 0.1) is 5.92 Å². The molecule has 0 bridgehead atoms. The Hall–Kier alpha value is -2.55. The molecular formula is C20H22N2O. The summed E-state index contributed by atoms with van der Waals surface area (Å²) in [4.78, 5) is 13.8. The molecule has 2 aromatic rings. The van der Waals surface area contributed by atoms with Crippen LogP contribution in [-0.4, -0.2) is 19.0 Å². The summed E-state index contributed by atoms with van der Waals surface area (Å²) in [5.41, 5.74) is 3.97. The number of nitrogens with zero attached hydrogens (tertiary/aromatic N) is 1. The minimum Gasteiger partial charge on any atom is -0.367 e. The van der Waals surface area contributed by atoms with E-state index in [1.165, 1.54) is 22.9 Å². The number of fused-ring (bicyclic) bond motifs is 1. The van der Waals surface area contributed by atoms with Gasteiger partial charge < -0.3 is 10.2 Å². The number of carbonyl (C=O) groups is 1. The van der Waals surface area contributed by atoms with Crippen LogP contribution in [0.1, 0.15) is 11.1 Å². The number of carbonyl (C=O) groups excluding carboxylic acids is 1. The monoisotopic (exact) mass is 306 g/mol. The zero-order valence-corrected chi connectivity index (χ0v) is 13.2. The van der Waals surface area contributed by atoms with Gasteiger partial charge in [-0.1, -0.05) is 55.1 Å². The minimum absolute atomic E-state index is 0.0986. The van der Waals surface area contributed by atoms with Crippen molar-refractivity contribution in [2.45, 2.75) is 13.0 Å². The van der Waals surface area contributed by atoms with Crippen molar-refractivity contribution in [3.05, 3.63) is 78.4 Å². The van der Waals surface area contributed by atoms with Crippen molar-refractivity contribution >= 4 is 11.6 Å². The fourth-order valence-corrected chi connectivity index (χ4v) is 3.18. The molecule has 0 aliphatic carbocycles. The first-order chi connectivity index (χ1) is 11.3. The highest BCUT2D eigenvalue weighted by Gasteiger charge is 2.24. The number of nitrogens with one attached hydrogen (secondary N) is 1. The molecule has 3 rings (SSSR count). The van der Waals surface area contributed by atoms with E-state index in [1.807, 2.05) is 6.07 Å². The van der Waals surface area contributed by atoms with Crippen LogP contribution in [0.5, 0.6) is 0 Å². The van der Waals surface area contributed by atoms with E-state index >= 15 is 0 Å². The van der Waals surface area contributed by atoms with E-state index in [-0.39, 0.29) is 5.91 Å². The van der Waals surface area contributed by atoms with Crippen molar-refractivity contribution in [1.29, 1.82) is 0 Å². The number of para-hydroxylation sites is 1. The van der Waals surface area contributed by atoms with Gasteiger partial charge in [0.25, 0.3) is 0 Å². The van der Waals surface area contributed by atoms with E-state index < -0.39 is 0 Å². The summed E-state index contributed by atoms with van der Waals surface area (Å²) in [7, 11) is 0. The van der Waals surface area contributed by atoms with Gasteiger partial charge in [0.2, 0.25) is 5.91 Å². The van der Waals surface area contributed by atoms with Crippen molar-refractivity contribution < 1.29 is 4.79 Å². The zero-order valence-electron chi connectivity index (χ0n) is 13.2. The molecule has 3 nitrogen and oxygen atoms in total. The molecule has 1 aliphatic heterocycles. The molecule has 2 aromatic carbocycles. The van der Waals surface area contributed by atoms with Gasteiger partial charge in [-0.05, 0) is 35.6 Å². The first kappa shape index (κ1) is 15.3. The van der Waals surface area contributed by atoms with Gasteiger partial charge in [0.1, 0.15) is 0 Å². The van der Waals surface area contributed by atoms with Gasteiger partial charge in [-0.25, -0.2) is 0 Å². The Balaban J connectivity index is 1.77. The minimum atomic E-state index is -0.0986. The van der Waals surface area contributed by atoms with Crippen LogP contribution in [0.15, 0.2) is 67.3 Å². The van der Waals surface area contributed by atoms with Crippen LogP contribution >= 0.6 is 0 Å². The van der Waals surface area contributed by atoms with Crippen LogP contribution in [0.4, 0.5) is 5.69 Å². The normalized spacial score (nSPS) is 16.5. The molecule has 0 aromatic heterocycles. The van der Waals surface area contributed by atoms with Crippen LogP contribution in [0.2, 0.25) is 0 Å². The molecule has 1 N–H and O–H groups in total. The van der Waals surface area contributed by atoms with Gasteiger partial charge in [-0.3, -0.25) is 4.79 Å². The van der Waals surface area contributed by atoms with Crippen molar-refractivity contribution in [3.8, 4) is 0 Å². The largest absolute Gasteiger partial charge is 0.367 e. The number of benzene rings is 2. The Morgan fingerprint density at radius 3 is 2.70 bits per heavy atom. The van der Waals surface area contributed by atoms with Gasteiger partial charge in [0.05, 0.1) is 0 Å². The van der Waals surface area contributed by atoms with Gasteiger partial charge in [0.15, 0.2) is 0 Å². The average molecular weight is 306 g/mol. The van der Waals surface area contributed by atoms with Crippen LogP contribution < -0.4 is 10.2 Å². The summed E-state index contributed by atoms with van der Waals surface area (Å²) >= 11 is 0. The predicted molar refractivity (Wildman–Crippen MR) is 94.3 cm³/mol. The lowest BCUT2D eigenvalue weighted by molar-refractivity contribution is -0.116. The Morgan fingerprint density at radius 1 is 1.17 bits per heavy atom. The first-order valence-corrected chi connectivity index (χ1v) is 8.03. The lowest BCUT2D eigenvalue weighted by Gasteiger charge is -2.36. The third-order valence-corrected chi connectivity index (χ3v) is 4.29. The maximum Gasteiger partial charge on any atom is 0.243 e. The molecule has 1 unspecified atom stereocenters. The highest BCUT2D eigenvalue weighted by Crippen LogP contribution is 2.30. The van der Waals surface area contributed by atoms with E-state index in [0.717, 1.165) is 19.5 Å². The molecule has 0 spiro atoms. The van der Waals surface area contributed by atoms with E-state index in [9.17, 15) is 4.79 Å². The Morgan fingerprint density at radius 2 is 1.91 bits per heavy atom. The van der Waals surface area contributed by atoms with E-state index in [1.54, 1.807) is 0 Å². The maximum absolute atomic E-state index is 11.4. The smallest absolute Gasteiger partial charge is 0.243 e. The lowest BCUT2D eigenvalue weighted by Crippen LogP contribution is -2.40. The Bertz CT molecular complexity index is 681. The van der Waals surface area contributed by atoms with Crippen molar-refractivity contribution in [2.24, 2.45) is 5.92 Å². The molecule has 3 heteroatoms. The molecule has 0 saturated carbocycles. The van der Waals surface area contributed by atoms with Crippen LogP contribution in [0.25, 0.3) is 0 Å². The van der Waals surface area contributed by atoms with Crippen molar-refractivity contribution in [3.63, 3.8) is 0 Å². The van der Waals surface area contributed by atoms with Crippen molar-refractivity contribution in [2.75, 3.05) is 18.0 Å². The Kier molecular flexibility index (Phi) is 4.77. The number of amides is 1.